The molecule has 2 aliphatic rings. The van der Waals surface area contributed by atoms with Crippen LogP contribution in [0.5, 0.6) is 5.75 Å². The minimum atomic E-state index is -1.15. The van der Waals surface area contributed by atoms with Crippen LogP contribution in [0.15, 0.2) is 64.4 Å². The number of fused-ring (bicyclic) bond motifs is 6. The highest BCUT2D eigenvalue weighted by atomic mass is 32.1. The Morgan fingerprint density at radius 1 is 1.21 bits per heavy atom. The summed E-state index contributed by atoms with van der Waals surface area (Å²) in [6.45, 7) is 1.75. The smallest absolute Gasteiger partial charge is 0.270 e. The Kier molecular flexibility index (Phi) is 3.57. The number of carbonyl (C=O) groups is 1. The summed E-state index contributed by atoms with van der Waals surface area (Å²) in [4.78, 5) is 30.8. The number of nitrogens with zero attached hydrogens (tertiary/aromatic N) is 2. The van der Waals surface area contributed by atoms with Crippen molar-refractivity contribution in [2.24, 2.45) is 16.6 Å². The molecule has 3 aromatic rings. The third-order valence-electron chi connectivity index (χ3n) is 5.28. The molecule has 0 saturated carbocycles. The minimum absolute atomic E-state index is 0.178. The Bertz CT molecular complexity index is 1280. The number of benzene rings is 2. The van der Waals surface area contributed by atoms with Gasteiger partial charge >= 0.3 is 0 Å². The zero-order valence-corrected chi connectivity index (χ0v) is 15.8. The quantitative estimate of drug-likeness (QED) is 0.712. The summed E-state index contributed by atoms with van der Waals surface area (Å²) in [6.07, 6.45) is 1.84. The fourth-order valence-electron chi connectivity index (χ4n) is 4.08. The maximum absolute atomic E-state index is 13.3. The van der Waals surface area contributed by atoms with Gasteiger partial charge in [-0.2, -0.15) is 0 Å². The van der Waals surface area contributed by atoms with E-state index in [1.54, 1.807) is 11.5 Å². The second-order valence-electron chi connectivity index (χ2n) is 7.11. The molecule has 2 N–H and O–H groups in total. The van der Waals surface area contributed by atoms with Crippen LogP contribution in [-0.4, -0.2) is 16.2 Å². The number of hydrogen-bond acceptors (Lipinski definition) is 5. The van der Waals surface area contributed by atoms with Crippen molar-refractivity contribution in [3.8, 4) is 5.75 Å². The van der Waals surface area contributed by atoms with Gasteiger partial charge in [0.15, 0.2) is 4.80 Å². The number of para-hydroxylation sites is 1. The Hall–Kier alpha value is -3.19. The molecule has 0 fully saturated rings. The van der Waals surface area contributed by atoms with Crippen LogP contribution in [0.25, 0.3) is 6.08 Å². The predicted molar refractivity (Wildman–Crippen MR) is 106 cm³/mol. The molecule has 5 rings (SSSR count). The van der Waals surface area contributed by atoms with Crippen molar-refractivity contribution in [1.82, 2.24) is 4.57 Å². The molecule has 2 aromatic carbocycles. The topological polar surface area (TPSA) is 86.7 Å². The molecule has 3 atom stereocenters. The summed E-state index contributed by atoms with van der Waals surface area (Å²) in [6, 6.07) is 16.5. The van der Waals surface area contributed by atoms with Gasteiger partial charge in [0.05, 0.1) is 10.6 Å². The van der Waals surface area contributed by atoms with E-state index in [0.29, 0.717) is 15.1 Å². The molecule has 7 heteroatoms. The van der Waals surface area contributed by atoms with Crippen molar-refractivity contribution in [3.63, 3.8) is 0 Å². The van der Waals surface area contributed by atoms with Crippen LogP contribution in [0.1, 0.15) is 24.1 Å². The number of aromatic nitrogens is 1. The highest BCUT2D eigenvalue weighted by Gasteiger charge is 2.54. The fourth-order valence-corrected chi connectivity index (χ4v) is 5.18. The van der Waals surface area contributed by atoms with Crippen molar-refractivity contribution >= 4 is 23.3 Å². The SMILES string of the molecule is CC12N=c3s/c(=C\c4ccccc4)c(=O)n3C(c3ccccc3O1)C2C(N)=O. The average Bonchev–Trinajstić information content (AvgIpc) is 2.95. The molecule has 1 amide bonds. The second-order valence-corrected chi connectivity index (χ2v) is 8.12. The number of thiazole rings is 1. The Balaban J connectivity index is 1.83. The molecule has 0 saturated heterocycles. The predicted octanol–water partition coefficient (Wildman–Crippen LogP) is 1.17. The van der Waals surface area contributed by atoms with Gasteiger partial charge in [0.2, 0.25) is 11.6 Å². The molecule has 0 spiro atoms. The molecule has 2 bridgehead atoms. The van der Waals surface area contributed by atoms with E-state index < -0.39 is 23.6 Å². The summed E-state index contributed by atoms with van der Waals surface area (Å²) in [5.41, 5.74) is 6.11. The minimum Gasteiger partial charge on any atom is -0.465 e. The van der Waals surface area contributed by atoms with Gasteiger partial charge in [-0.3, -0.25) is 14.2 Å². The van der Waals surface area contributed by atoms with E-state index in [1.165, 1.54) is 11.3 Å². The van der Waals surface area contributed by atoms with Crippen LogP contribution < -0.4 is 25.4 Å². The summed E-state index contributed by atoms with van der Waals surface area (Å²) in [5.74, 6) is -0.691. The number of amides is 1. The number of carbonyl (C=O) groups excluding carboxylic acids is 1. The van der Waals surface area contributed by atoms with E-state index in [4.69, 9.17) is 10.5 Å². The lowest BCUT2D eigenvalue weighted by molar-refractivity contribution is -0.133. The zero-order chi connectivity index (χ0) is 19.5. The first-order valence-electron chi connectivity index (χ1n) is 8.93. The number of rotatable bonds is 2. The third-order valence-corrected chi connectivity index (χ3v) is 6.27. The molecular weight excluding hydrogens is 374 g/mol. The second kappa shape index (κ2) is 5.90. The first-order valence-corrected chi connectivity index (χ1v) is 9.75. The van der Waals surface area contributed by atoms with Gasteiger partial charge in [0, 0.05) is 5.56 Å². The van der Waals surface area contributed by atoms with E-state index >= 15 is 0 Å². The molecular formula is C21H17N3O3S. The molecule has 28 heavy (non-hydrogen) atoms. The number of hydrogen-bond donors (Lipinski definition) is 1. The van der Waals surface area contributed by atoms with Crippen LogP contribution in [0.3, 0.4) is 0 Å². The van der Waals surface area contributed by atoms with E-state index in [1.807, 2.05) is 60.7 Å². The standard InChI is InChI=1S/C21H17N3O3S/c1-21-16(18(22)25)17(13-9-5-6-10-14(13)27-21)24-19(26)15(28-20(24)23-21)11-12-7-3-2-4-8-12/h2-11,16-17H,1H3,(H2,22,25)/b15-11-. The first-order chi connectivity index (χ1) is 13.5. The van der Waals surface area contributed by atoms with Crippen molar-refractivity contribution in [1.29, 1.82) is 0 Å². The van der Waals surface area contributed by atoms with Crippen molar-refractivity contribution in [2.75, 3.05) is 0 Å². The maximum atomic E-state index is 13.3. The van der Waals surface area contributed by atoms with Gasteiger partial charge in [-0.25, -0.2) is 4.99 Å². The molecule has 3 heterocycles. The summed E-state index contributed by atoms with van der Waals surface area (Å²) < 4.78 is 8.25. The lowest BCUT2D eigenvalue weighted by Gasteiger charge is -2.44. The maximum Gasteiger partial charge on any atom is 0.270 e. The molecule has 3 unspecified atom stereocenters. The average molecular weight is 391 g/mol. The van der Waals surface area contributed by atoms with Gasteiger partial charge in [0.1, 0.15) is 11.7 Å². The van der Waals surface area contributed by atoms with Gasteiger partial charge in [-0.1, -0.05) is 59.9 Å². The van der Waals surface area contributed by atoms with Crippen LogP contribution in [-0.2, 0) is 4.79 Å². The van der Waals surface area contributed by atoms with E-state index in [-0.39, 0.29) is 5.56 Å². The summed E-state index contributed by atoms with van der Waals surface area (Å²) in [7, 11) is 0. The highest BCUT2D eigenvalue weighted by molar-refractivity contribution is 7.07. The summed E-state index contributed by atoms with van der Waals surface area (Å²) in [5, 5.41) is 0. The lowest BCUT2D eigenvalue weighted by Crippen LogP contribution is -2.59. The first kappa shape index (κ1) is 16.9. The number of ether oxygens (including phenoxy) is 1. The van der Waals surface area contributed by atoms with Gasteiger partial charge in [0.25, 0.3) is 5.56 Å². The van der Waals surface area contributed by atoms with Crippen molar-refractivity contribution in [3.05, 3.63) is 85.4 Å². The normalized spacial score (nSPS) is 25.2. The van der Waals surface area contributed by atoms with E-state index in [0.717, 1.165) is 11.1 Å². The number of nitrogens with two attached hydrogens (primary N) is 1. The molecule has 140 valence electrons. The van der Waals surface area contributed by atoms with Crippen LogP contribution in [0.2, 0.25) is 0 Å². The van der Waals surface area contributed by atoms with Crippen molar-refractivity contribution in [2.45, 2.75) is 18.7 Å². The zero-order valence-electron chi connectivity index (χ0n) is 15.0. The molecule has 1 aromatic heterocycles. The van der Waals surface area contributed by atoms with E-state index in [2.05, 4.69) is 4.99 Å². The van der Waals surface area contributed by atoms with Crippen LogP contribution >= 0.6 is 11.3 Å². The van der Waals surface area contributed by atoms with Gasteiger partial charge in [-0.15, -0.1) is 0 Å². The highest BCUT2D eigenvalue weighted by Crippen LogP contribution is 2.46. The lowest BCUT2D eigenvalue weighted by atomic mass is 9.81. The molecule has 6 nitrogen and oxygen atoms in total. The molecule has 0 aliphatic carbocycles. The summed E-state index contributed by atoms with van der Waals surface area (Å²) >= 11 is 1.30. The van der Waals surface area contributed by atoms with Gasteiger partial charge < -0.3 is 10.5 Å². The number of primary amides is 1. The van der Waals surface area contributed by atoms with Crippen LogP contribution in [0.4, 0.5) is 0 Å². The van der Waals surface area contributed by atoms with Gasteiger partial charge in [-0.05, 0) is 24.6 Å². The Labute approximate surface area is 164 Å². The van der Waals surface area contributed by atoms with Crippen molar-refractivity contribution < 1.29 is 9.53 Å². The van der Waals surface area contributed by atoms with E-state index in [9.17, 15) is 9.59 Å². The monoisotopic (exact) mass is 391 g/mol. The fraction of sp³-hybridized carbons (Fsp3) is 0.190. The van der Waals surface area contributed by atoms with Crippen LogP contribution in [0, 0.1) is 5.92 Å². The third kappa shape index (κ3) is 2.36. The Morgan fingerprint density at radius 3 is 2.68 bits per heavy atom. The molecule has 2 aliphatic heterocycles. The largest absolute Gasteiger partial charge is 0.465 e. The molecule has 0 radical (unpaired) electrons. The Morgan fingerprint density at radius 2 is 1.93 bits per heavy atom.